The fraction of sp³-hybridized carbons (Fsp3) is 0.562. The van der Waals surface area contributed by atoms with Gasteiger partial charge in [0.1, 0.15) is 0 Å². The monoisotopic (exact) mass is 294 g/mol. The summed E-state index contributed by atoms with van der Waals surface area (Å²) in [5.74, 6) is 0.190. The molecule has 0 saturated carbocycles. The molecular weight excluding hydrogens is 272 g/mol. The number of hydrogen-bond acceptors (Lipinski definition) is 2. The average Bonchev–Trinajstić information content (AvgIpc) is 2.88. The third-order valence-corrected chi connectivity index (χ3v) is 4.64. The van der Waals surface area contributed by atoms with Crippen LogP contribution in [0.5, 0.6) is 0 Å². The molecule has 0 bridgehead atoms. The van der Waals surface area contributed by atoms with Gasteiger partial charge in [-0.2, -0.15) is 0 Å². The molecular formula is C16H23ClN2O. The Balaban J connectivity index is 0.00000147. The van der Waals surface area contributed by atoms with Crippen molar-refractivity contribution in [3.8, 4) is 0 Å². The highest BCUT2D eigenvalue weighted by atomic mass is 35.5. The number of piperazine rings is 1. The molecule has 1 aliphatic carbocycles. The number of nitrogens with one attached hydrogen (secondary N) is 1. The molecule has 0 aromatic heterocycles. The Bertz CT molecular complexity index is 503. The molecule has 0 spiro atoms. The van der Waals surface area contributed by atoms with Crippen LogP contribution in [0.1, 0.15) is 41.8 Å². The van der Waals surface area contributed by atoms with E-state index >= 15 is 0 Å². The first-order valence-corrected chi connectivity index (χ1v) is 7.33. The van der Waals surface area contributed by atoms with E-state index in [2.05, 4.69) is 31.3 Å². The van der Waals surface area contributed by atoms with E-state index in [1.54, 1.807) is 0 Å². The van der Waals surface area contributed by atoms with Gasteiger partial charge in [-0.05, 0) is 56.4 Å². The maximum Gasteiger partial charge on any atom is 0.254 e. The number of benzene rings is 1. The van der Waals surface area contributed by atoms with Crippen molar-refractivity contribution in [1.82, 2.24) is 10.2 Å². The molecule has 1 aromatic rings. The predicted molar refractivity (Wildman–Crippen MR) is 83.7 cm³/mol. The minimum Gasteiger partial charge on any atom is -0.333 e. The topological polar surface area (TPSA) is 32.3 Å². The first-order chi connectivity index (χ1) is 9.16. The van der Waals surface area contributed by atoms with Gasteiger partial charge in [0.05, 0.1) is 0 Å². The lowest BCUT2D eigenvalue weighted by Crippen LogP contribution is -2.57. The Morgan fingerprint density at radius 3 is 2.80 bits per heavy atom. The average molecular weight is 295 g/mol. The molecule has 3 rings (SSSR count). The molecule has 20 heavy (non-hydrogen) atoms. The molecule has 2 aliphatic rings. The molecule has 1 saturated heterocycles. The Kier molecular flexibility index (Phi) is 4.71. The minimum absolute atomic E-state index is 0. The van der Waals surface area contributed by atoms with Gasteiger partial charge in [-0.25, -0.2) is 0 Å². The molecule has 1 N–H and O–H groups in total. The third-order valence-electron chi connectivity index (χ3n) is 4.64. The van der Waals surface area contributed by atoms with Crippen molar-refractivity contribution in [1.29, 1.82) is 0 Å². The van der Waals surface area contributed by atoms with Crippen LogP contribution >= 0.6 is 12.4 Å². The highest BCUT2D eigenvalue weighted by Gasteiger charge is 2.29. The van der Waals surface area contributed by atoms with Gasteiger partial charge in [0.2, 0.25) is 0 Å². The Morgan fingerprint density at radius 2 is 2.00 bits per heavy atom. The first-order valence-electron chi connectivity index (χ1n) is 7.33. The summed E-state index contributed by atoms with van der Waals surface area (Å²) in [6.45, 7) is 5.97. The van der Waals surface area contributed by atoms with E-state index < -0.39 is 0 Å². The number of fused-ring (bicyclic) bond motifs is 1. The molecule has 1 aliphatic heterocycles. The minimum atomic E-state index is 0. The van der Waals surface area contributed by atoms with Gasteiger partial charge < -0.3 is 10.2 Å². The lowest BCUT2D eigenvalue weighted by Gasteiger charge is -2.38. The fourth-order valence-corrected chi connectivity index (χ4v) is 3.21. The van der Waals surface area contributed by atoms with Crippen LogP contribution in [-0.4, -0.2) is 36.0 Å². The molecule has 0 radical (unpaired) electrons. The van der Waals surface area contributed by atoms with Gasteiger partial charge in [-0.15, -0.1) is 12.4 Å². The normalized spacial score (nSPS) is 25.0. The van der Waals surface area contributed by atoms with E-state index in [1.165, 1.54) is 24.0 Å². The summed E-state index contributed by atoms with van der Waals surface area (Å²) in [6.07, 6.45) is 3.53. The number of hydrogen-bond donors (Lipinski definition) is 1. The first kappa shape index (κ1) is 15.3. The van der Waals surface area contributed by atoms with Crippen molar-refractivity contribution < 1.29 is 4.79 Å². The van der Waals surface area contributed by atoms with Crippen molar-refractivity contribution in [3.05, 3.63) is 34.9 Å². The molecule has 110 valence electrons. The summed E-state index contributed by atoms with van der Waals surface area (Å²) in [7, 11) is 0. The third kappa shape index (κ3) is 2.70. The summed E-state index contributed by atoms with van der Waals surface area (Å²) in [5.41, 5.74) is 3.67. The van der Waals surface area contributed by atoms with Crippen LogP contribution in [0.15, 0.2) is 18.2 Å². The van der Waals surface area contributed by atoms with Gasteiger partial charge >= 0.3 is 0 Å². The maximum absolute atomic E-state index is 12.7. The van der Waals surface area contributed by atoms with E-state index in [0.717, 1.165) is 25.1 Å². The van der Waals surface area contributed by atoms with Crippen LogP contribution in [-0.2, 0) is 12.8 Å². The molecule has 3 nitrogen and oxygen atoms in total. The number of carbonyl (C=O) groups excluding carboxylic acids is 1. The maximum atomic E-state index is 12.7. The second kappa shape index (κ2) is 6.15. The lowest BCUT2D eigenvalue weighted by molar-refractivity contribution is 0.0603. The van der Waals surface area contributed by atoms with Crippen LogP contribution in [0.3, 0.4) is 0 Å². The Hall–Kier alpha value is -1.06. The summed E-state index contributed by atoms with van der Waals surface area (Å²) >= 11 is 0. The van der Waals surface area contributed by atoms with E-state index in [1.807, 2.05) is 11.0 Å². The standard InChI is InChI=1S/C16H22N2O.ClH/c1-11-12(2)18(9-8-17-11)16(19)15-7-6-13-4-3-5-14(13)10-15;/h6-7,10-12,17H,3-5,8-9H2,1-2H3;1H. The number of amides is 1. The number of rotatable bonds is 1. The van der Waals surface area contributed by atoms with Gasteiger partial charge in [-0.1, -0.05) is 6.07 Å². The van der Waals surface area contributed by atoms with Crippen LogP contribution in [0, 0.1) is 0 Å². The highest BCUT2D eigenvalue weighted by Crippen LogP contribution is 2.24. The molecule has 1 amide bonds. The summed E-state index contributed by atoms with van der Waals surface area (Å²) in [6, 6.07) is 6.89. The van der Waals surface area contributed by atoms with Gasteiger partial charge in [0.25, 0.3) is 5.91 Å². The number of halogens is 1. The van der Waals surface area contributed by atoms with Crippen LogP contribution < -0.4 is 5.32 Å². The van der Waals surface area contributed by atoms with E-state index in [-0.39, 0.29) is 24.4 Å². The van der Waals surface area contributed by atoms with Crippen molar-refractivity contribution in [2.24, 2.45) is 0 Å². The van der Waals surface area contributed by atoms with Crippen molar-refractivity contribution in [2.45, 2.75) is 45.2 Å². The SMILES string of the molecule is CC1NCCN(C(=O)c2ccc3c(c2)CCC3)C1C.Cl. The zero-order valence-electron chi connectivity index (χ0n) is 12.2. The van der Waals surface area contributed by atoms with Gasteiger partial charge in [-0.3, -0.25) is 4.79 Å². The van der Waals surface area contributed by atoms with Crippen molar-refractivity contribution >= 4 is 18.3 Å². The van der Waals surface area contributed by atoms with Gasteiger partial charge in [0, 0.05) is 30.7 Å². The van der Waals surface area contributed by atoms with E-state index in [9.17, 15) is 4.79 Å². The predicted octanol–water partition coefficient (Wildman–Crippen LogP) is 2.42. The second-order valence-electron chi connectivity index (χ2n) is 5.82. The van der Waals surface area contributed by atoms with E-state index in [4.69, 9.17) is 0 Å². The summed E-state index contributed by atoms with van der Waals surface area (Å²) in [5, 5.41) is 3.42. The molecule has 2 unspecified atom stereocenters. The quantitative estimate of drug-likeness (QED) is 0.863. The molecule has 4 heteroatoms. The lowest BCUT2D eigenvalue weighted by atomic mass is 10.0. The smallest absolute Gasteiger partial charge is 0.254 e. The number of nitrogens with zero attached hydrogens (tertiary/aromatic N) is 1. The Morgan fingerprint density at radius 1 is 1.25 bits per heavy atom. The van der Waals surface area contributed by atoms with E-state index in [0.29, 0.717) is 6.04 Å². The van der Waals surface area contributed by atoms with Gasteiger partial charge in [0.15, 0.2) is 0 Å². The van der Waals surface area contributed by atoms with Crippen molar-refractivity contribution in [2.75, 3.05) is 13.1 Å². The zero-order valence-corrected chi connectivity index (χ0v) is 13.0. The second-order valence-corrected chi connectivity index (χ2v) is 5.82. The van der Waals surface area contributed by atoms with Crippen molar-refractivity contribution in [3.63, 3.8) is 0 Å². The number of aryl methyl sites for hydroxylation is 2. The Labute approximate surface area is 127 Å². The number of carbonyl (C=O) groups is 1. The fourth-order valence-electron chi connectivity index (χ4n) is 3.21. The van der Waals surface area contributed by atoms with Crippen LogP contribution in [0.2, 0.25) is 0 Å². The largest absolute Gasteiger partial charge is 0.333 e. The summed E-state index contributed by atoms with van der Waals surface area (Å²) in [4.78, 5) is 14.7. The molecule has 1 heterocycles. The van der Waals surface area contributed by atoms with Crippen LogP contribution in [0.25, 0.3) is 0 Å². The zero-order chi connectivity index (χ0) is 13.4. The molecule has 2 atom stereocenters. The molecule has 1 fully saturated rings. The summed E-state index contributed by atoms with van der Waals surface area (Å²) < 4.78 is 0. The van der Waals surface area contributed by atoms with Crippen LogP contribution in [0.4, 0.5) is 0 Å². The molecule has 1 aromatic carbocycles. The highest BCUT2D eigenvalue weighted by molar-refractivity contribution is 5.95.